The second-order valence-electron chi connectivity index (χ2n) is 7.73. The van der Waals surface area contributed by atoms with Gasteiger partial charge in [0, 0.05) is 12.6 Å². The third-order valence-corrected chi connectivity index (χ3v) is 6.36. The van der Waals surface area contributed by atoms with Crippen LogP contribution in [-0.4, -0.2) is 21.8 Å². The van der Waals surface area contributed by atoms with Gasteiger partial charge in [0.1, 0.15) is 5.69 Å². The fourth-order valence-electron chi connectivity index (χ4n) is 3.77. The van der Waals surface area contributed by atoms with Crippen LogP contribution >= 0.6 is 11.3 Å². The molecule has 1 heterocycles. The van der Waals surface area contributed by atoms with E-state index in [0.717, 1.165) is 27.4 Å². The minimum atomic E-state index is -0.0181. The van der Waals surface area contributed by atoms with Crippen molar-refractivity contribution in [3.63, 3.8) is 0 Å². The van der Waals surface area contributed by atoms with Crippen LogP contribution in [-0.2, 0) is 13.0 Å². The summed E-state index contributed by atoms with van der Waals surface area (Å²) in [6, 6.07) is 30.6. The van der Waals surface area contributed by atoms with Crippen molar-refractivity contribution in [3.8, 4) is 10.4 Å². The Kier molecular flexibility index (Phi) is 6.58. The standard InChI is InChI=1S/C27H26N2OS/c1-20(18-22-12-6-3-7-13-22)29(19-23-14-8-4-9-15-23)27(30)25-26(31-21(2)28-25)24-16-10-5-11-17-24/h3-17,20H,18-19H2,1-2H3/t20-/m1/s1. The van der Waals surface area contributed by atoms with Crippen LogP contribution in [0, 0.1) is 6.92 Å². The van der Waals surface area contributed by atoms with E-state index in [1.807, 2.05) is 78.6 Å². The highest BCUT2D eigenvalue weighted by molar-refractivity contribution is 7.15. The summed E-state index contributed by atoms with van der Waals surface area (Å²) in [4.78, 5) is 21.4. The molecule has 0 spiro atoms. The average molecular weight is 427 g/mol. The molecule has 3 aromatic carbocycles. The highest BCUT2D eigenvalue weighted by Gasteiger charge is 2.27. The molecule has 4 aromatic rings. The molecule has 0 aliphatic carbocycles. The number of nitrogens with zero attached hydrogens (tertiary/aromatic N) is 2. The van der Waals surface area contributed by atoms with Crippen molar-refractivity contribution in [3.05, 3.63) is 113 Å². The minimum absolute atomic E-state index is 0.0181. The number of hydrogen-bond donors (Lipinski definition) is 0. The van der Waals surface area contributed by atoms with E-state index in [0.29, 0.717) is 12.2 Å². The van der Waals surface area contributed by atoms with Gasteiger partial charge in [-0.25, -0.2) is 4.98 Å². The van der Waals surface area contributed by atoms with Crippen LogP contribution in [0.1, 0.15) is 33.5 Å². The van der Waals surface area contributed by atoms with Crippen molar-refractivity contribution >= 4 is 17.2 Å². The normalized spacial score (nSPS) is 11.8. The second kappa shape index (κ2) is 9.71. The van der Waals surface area contributed by atoms with Gasteiger partial charge in [-0.15, -0.1) is 11.3 Å². The molecule has 0 fully saturated rings. The Morgan fingerprint density at radius 2 is 1.42 bits per heavy atom. The topological polar surface area (TPSA) is 33.2 Å². The summed E-state index contributed by atoms with van der Waals surface area (Å²) in [7, 11) is 0. The lowest BCUT2D eigenvalue weighted by atomic mass is 10.0. The lowest BCUT2D eigenvalue weighted by Crippen LogP contribution is -2.39. The quantitative estimate of drug-likeness (QED) is 0.343. The Labute approximate surface area is 188 Å². The molecule has 0 saturated heterocycles. The molecule has 4 heteroatoms. The van der Waals surface area contributed by atoms with E-state index in [4.69, 9.17) is 0 Å². The van der Waals surface area contributed by atoms with Crippen molar-refractivity contribution in [1.29, 1.82) is 0 Å². The van der Waals surface area contributed by atoms with Gasteiger partial charge in [0.2, 0.25) is 0 Å². The van der Waals surface area contributed by atoms with Crippen LogP contribution < -0.4 is 0 Å². The minimum Gasteiger partial charge on any atom is -0.330 e. The average Bonchev–Trinajstić information content (AvgIpc) is 3.20. The van der Waals surface area contributed by atoms with Crippen molar-refractivity contribution in [2.45, 2.75) is 32.9 Å². The Hall–Kier alpha value is -3.24. The zero-order valence-corrected chi connectivity index (χ0v) is 18.7. The van der Waals surface area contributed by atoms with E-state index in [1.54, 1.807) is 11.3 Å². The van der Waals surface area contributed by atoms with E-state index in [9.17, 15) is 4.79 Å². The molecule has 156 valence electrons. The number of rotatable bonds is 7. The van der Waals surface area contributed by atoms with Crippen LogP contribution in [0.25, 0.3) is 10.4 Å². The van der Waals surface area contributed by atoms with E-state index in [1.165, 1.54) is 5.56 Å². The van der Waals surface area contributed by atoms with Gasteiger partial charge < -0.3 is 4.90 Å². The summed E-state index contributed by atoms with van der Waals surface area (Å²) >= 11 is 1.58. The number of carbonyl (C=O) groups is 1. The van der Waals surface area contributed by atoms with Crippen molar-refractivity contribution in [1.82, 2.24) is 9.88 Å². The highest BCUT2D eigenvalue weighted by atomic mass is 32.1. The first-order valence-electron chi connectivity index (χ1n) is 10.5. The summed E-state index contributed by atoms with van der Waals surface area (Å²) in [5.74, 6) is -0.0181. The van der Waals surface area contributed by atoms with Gasteiger partial charge in [0.15, 0.2) is 0 Å². The molecular weight excluding hydrogens is 400 g/mol. The summed E-state index contributed by atoms with van der Waals surface area (Å²) in [5.41, 5.74) is 3.92. The van der Waals surface area contributed by atoms with Crippen LogP contribution in [0.5, 0.6) is 0 Å². The smallest absolute Gasteiger partial charge is 0.274 e. The molecular formula is C27H26N2OS. The van der Waals surface area contributed by atoms with Crippen molar-refractivity contribution < 1.29 is 4.79 Å². The molecule has 1 amide bonds. The Bertz CT molecular complexity index is 1120. The van der Waals surface area contributed by atoms with Crippen LogP contribution in [0.15, 0.2) is 91.0 Å². The molecule has 1 atom stereocenters. The van der Waals surface area contributed by atoms with Gasteiger partial charge in [-0.1, -0.05) is 91.0 Å². The molecule has 31 heavy (non-hydrogen) atoms. The molecule has 4 rings (SSSR count). The van der Waals surface area contributed by atoms with E-state index in [-0.39, 0.29) is 11.9 Å². The van der Waals surface area contributed by atoms with Crippen LogP contribution in [0.3, 0.4) is 0 Å². The number of aromatic nitrogens is 1. The van der Waals surface area contributed by atoms with Gasteiger partial charge in [0.05, 0.1) is 9.88 Å². The first-order chi connectivity index (χ1) is 15.1. The third-order valence-electron chi connectivity index (χ3n) is 5.34. The lowest BCUT2D eigenvalue weighted by Gasteiger charge is -2.29. The molecule has 0 radical (unpaired) electrons. The summed E-state index contributed by atoms with van der Waals surface area (Å²) in [6.07, 6.45) is 0.795. The van der Waals surface area contributed by atoms with Gasteiger partial charge >= 0.3 is 0 Å². The van der Waals surface area contributed by atoms with Gasteiger partial charge in [-0.3, -0.25) is 4.79 Å². The largest absolute Gasteiger partial charge is 0.330 e. The molecule has 0 aliphatic rings. The number of thiazole rings is 1. The summed E-state index contributed by atoms with van der Waals surface area (Å²) < 4.78 is 0. The van der Waals surface area contributed by atoms with Crippen molar-refractivity contribution in [2.75, 3.05) is 0 Å². The van der Waals surface area contributed by atoms with Crippen molar-refractivity contribution in [2.24, 2.45) is 0 Å². The number of amides is 1. The Morgan fingerprint density at radius 1 is 0.871 bits per heavy atom. The second-order valence-corrected chi connectivity index (χ2v) is 8.94. The number of benzene rings is 3. The maximum Gasteiger partial charge on any atom is 0.274 e. The number of aryl methyl sites for hydroxylation is 1. The fourth-order valence-corrected chi connectivity index (χ4v) is 4.68. The Morgan fingerprint density at radius 3 is 2.03 bits per heavy atom. The molecule has 0 N–H and O–H groups in total. The Balaban J connectivity index is 1.69. The molecule has 0 bridgehead atoms. The number of carbonyl (C=O) groups excluding carboxylic acids is 1. The molecule has 3 nitrogen and oxygen atoms in total. The first kappa shape index (κ1) is 21.0. The maximum atomic E-state index is 13.9. The van der Waals surface area contributed by atoms with E-state index < -0.39 is 0 Å². The fraction of sp³-hybridized carbons (Fsp3) is 0.185. The predicted molar refractivity (Wildman–Crippen MR) is 128 cm³/mol. The SMILES string of the molecule is Cc1nc(C(=O)N(Cc2ccccc2)[C@H](C)Cc2ccccc2)c(-c2ccccc2)s1. The van der Waals surface area contributed by atoms with Gasteiger partial charge in [-0.2, -0.15) is 0 Å². The first-order valence-corrected chi connectivity index (χ1v) is 11.3. The molecule has 1 aromatic heterocycles. The van der Waals surface area contributed by atoms with Gasteiger partial charge in [0.25, 0.3) is 5.91 Å². The van der Waals surface area contributed by atoms with Gasteiger partial charge in [-0.05, 0) is 37.0 Å². The number of hydrogen-bond acceptors (Lipinski definition) is 3. The summed E-state index contributed by atoms with van der Waals surface area (Å²) in [5, 5.41) is 0.901. The van der Waals surface area contributed by atoms with E-state index >= 15 is 0 Å². The highest BCUT2D eigenvalue weighted by Crippen LogP contribution is 2.31. The molecule has 0 aliphatic heterocycles. The third kappa shape index (κ3) is 5.09. The molecule has 0 unspecified atom stereocenters. The zero-order valence-electron chi connectivity index (χ0n) is 17.9. The summed E-state index contributed by atoms with van der Waals surface area (Å²) in [6.45, 7) is 4.64. The van der Waals surface area contributed by atoms with Crippen LogP contribution in [0.2, 0.25) is 0 Å². The van der Waals surface area contributed by atoms with Crippen LogP contribution in [0.4, 0.5) is 0 Å². The zero-order chi connectivity index (χ0) is 21.6. The predicted octanol–water partition coefficient (Wildman–Crippen LogP) is 6.39. The molecule has 0 saturated carbocycles. The lowest BCUT2D eigenvalue weighted by molar-refractivity contribution is 0.0670. The monoisotopic (exact) mass is 426 g/mol. The van der Waals surface area contributed by atoms with E-state index in [2.05, 4.69) is 36.2 Å². The maximum absolute atomic E-state index is 13.9.